The van der Waals surface area contributed by atoms with Gasteiger partial charge in [0.2, 0.25) is 0 Å². The molecule has 0 aliphatic carbocycles. The normalized spacial score (nSPS) is 14.9. The third-order valence-corrected chi connectivity index (χ3v) is 7.33. The number of nitrogens with one attached hydrogen (secondary N) is 1. The summed E-state index contributed by atoms with van der Waals surface area (Å²) in [6.45, 7) is 10.7. The molecule has 132 valence electrons. The molecule has 0 saturated heterocycles. The maximum absolute atomic E-state index is 5.88. The third-order valence-electron chi connectivity index (χ3n) is 4.04. The van der Waals surface area contributed by atoms with Crippen molar-refractivity contribution >= 4 is 27.4 Å². The Morgan fingerprint density at radius 2 is 1.92 bits per heavy atom. The molecule has 0 aliphatic heterocycles. The van der Waals surface area contributed by atoms with E-state index in [0.717, 1.165) is 13.1 Å². The minimum atomic E-state index is -0.0277. The van der Waals surface area contributed by atoms with Gasteiger partial charge in [0, 0.05) is 19.1 Å². The summed E-state index contributed by atoms with van der Waals surface area (Å²) < 4.78 is 3.94. The second-order valence-electron chi connectivity index (χ2n) is 6.88. The molecule has 0 amide bonds. The molecule has 2 atom stereocenters. The van der Waals surface area contributed by atoms with Gasteiger partial charge in [-0.25, -0.2) is 4.31 Å². The second kappa shape index (κ2) is 8.92. The zero-order chi connectivity index (χ0) is 17.6. The average molecular weight is 364 g/mol. The molecule has 2 aromatic rings. The number of thiophene rings is 1. The van der Waals surface area contributed by atoms with Gasteiger partial charge in [0.15, 0.2) is 0 Å². The van der Waals surface area contributed by atoms with Crippen molar-refractivity contribution in [3.63, 3.8) is 0 Å². The van der Waals surface area contributed by atoms with Crippen LogP contribution in [0.4, 0.5) is 0 Å². The Labute approximate surface area is 152 Å². The van der Waals surface area contributed by atoms with Gasteiger partial charge in [-0.1, -0.05) is 67.8 Å². The maximum Gasteiger partial charge on any atom is 0.0679 e. The summed E-state index contributed by atoms with van der Waals surface area (Å²) in [4.78, 5) is 0. The maximum atomic E-state index is 5.88. The summed E-state index contributed by atoms with van der Waals surface area (Å²) >= 11 is 1.82. The highest BCUT2D eigenvalue weighted by molar-refractivity contribution is 8.14. The predicted octanol–water partition coefficient (Wildman–Crippen LogP) is 4.49. The summed E-state index contributed by atoms with van der Waals surface area (Å²) in [7, 11) is -0.0277. The number of hydrogen-bond donors (Lipinski definition) is 2. The number of benzene rings is 1. The van der Waals surface area contributed by atoms with Crippen molar-refractivity contribution in [3.8, 4) is 0 Å². The van der Waals surface area contributed by atoms with Crippen LogP contribution in [0.15, 0.2) is 52.1 Å². The van der Waals surface area contributed by atoms with Gasteiger partial charge >= 0.3 is 0 Å². The van der Waals surface area contributed by atoms with E-state index < -0.39 is 0 Å². The van der Waals surface area contributed by atoms with Crippen LogP contribution < -0.4 is 11.3 Å². The Kier molecular flexibility index (Phi) is 7.19. The van der Waals surface area contributed by atoms with Crippen LogP contribution in [-0.2, 0) is 6.54 Å². The third kappa shape index (κ3) is 5.26. The first-order chi connectivity index (χ1) is 11.5. The van der Waals surface area contributed by atoms with E-state index in [2.05, 4.69) is 90.6 Å². The molecule has 0 radical (unpaired) electrons. The highest BCUT2D eigenvalue weighted by atomic mass is 32.2. The molecule has 2 rings (SSSR count). The molecule has 1 unspecified atom stereocenters. The van der Waals surface area contributed by atoms with E-state index in [4.69, 9.17) is 5.84 Å². The van der Waals surface area contributed by atoms with E-state index in [-0.39, 0.29) is 22.1 Å². The first-order valence-corrected chi connectivity index (χ1v) is 10.4. The number of nitrogens with two attached hydrogens (primary N) is 1. The molecule has 5 heteroatoms. The lowest BCUT2D eigenvalue weighted by Crippen LogP contribution is -2.50. The van der Waals surface area contributed by atoms with E-state index in [0.29, 0.717) is 0 Å². The first-order valence-electron chi connectivity index (χ1n) is 8.27. The minimum Gasteiger partial charge on any atom is -0.271 e. The number of hydrazine groups is 1. The van der Waals surface area contributed by atoms with Crippen molar-refractivity contribution in [2.24, 2.45) is 11.3 Å². The first kappa shape index (κ1) is 19.3. The largest absolute Gasteiger partial charge is 0.271 e. The molecule has 3 N–H and O–H groups in total. The molecule has 24 heavy (non-hydrogen) atoms. The number of rotatable bonds is 7. The zero-order valence-corrected chi connectivity index (χ0v) is 16.7. The summed E-state index contributed by atoms with van der Waals surface area (Å²) in [5.74, 6) is 5.88. The highest BCUT2D eigenvalue weighted by Gasteiger charge is 2.27. The van der Waals surface area contributed by atoms with E-state index >= 15 is 0 Å². The van der Waals surface area contributed by atoms with Crippen LogP contribution >= 0.6 is 22.0 Å². The molecule has 0 spiro atoms. The van der Waals surface area contributed by atoms with Crippen LogP contribution in [0, 0.1) is 5.41 Å². The van der Waals surface area contributed by atoms with Crippen molar-refractivity contribution in [3.05, 3.63) is 53.4 Å². The minimum absolute atomic E-state index is 0.0277. The standard InChI is InChI=1S/C19H29N3S2/c1-5-24(18-12-9-13-23-18)22(14-16-10-7-6-8-11-16)15-17(21-20)19(2,3)4/h5-13,17,21H,14-15,20H2,1-4H3/t17-,24?/m1/s1. The van der Waals surface area contributed by atoms with Crippen molar-refractivity contribution in [1.82, 2.24) is 9.73 Å². The summed E-state index contributed by atoms with van der Waals surface area (Å²) in [5, 5.41) is 4.47. The van der Waals surface area contributed by atoms with Crippen LogP contribution in [0.3, 0.4) is 0 Å². The van der Waals surface area contributed by atoms with E-state index in [1.165, 1.54) is 9.77 Å². The van der Waals surface area contributed by atoms with Gasteiger partial charge < -0.3 is 0 Å². The lowest BCUT2D eigenvalue weighted by atomic mass is 9.87. The fourth-order valence-electron chi connectivity index (χ4n) is 2.56. The van der Waals surface area contributed by atoms with Crippen molar-refractivity contribution < 1.29 is 0 Å². The number of nitrogens with zero attached hydrogens (tertiary/aromatic N) is 1. The molecule has 0 aliphatic rings. The summed E-state index contributed by atoms with van der Waals surface area (Å²) in [6.07, 6.45) is 0. The van der Waals surface area contributed by atoms with Gasteiger partial charge in [0.1, 0.15) is 0 Å². The highest BCUT2D eigenvalue weighted by Crippen LogP contribution is 2.36. The van der Waals surface area contributed by atoms with Crippen molar-refractivity contribution in [2.75, 3.05) is 6.54 Å². The Morgan fingerprint density at radius 1 is 1.21 bits per heavy atom. The molecular weight excluding hydrogens is 334 g/mol. The molecule has 0 saturated carbocycles. The molecule has 1 heterocycles. The van der Waals surface area contributed by atoms with Crippen LogP contribution in [0.5, 0.6) is 0 Å². The molecule has 0 bridgehead atoms. The quantitative estimate of drug-likeness (QED) is 0.432. The Bertz CT molecular complexity index is 630. The fraction of sp³-hybridized carbons (Fsp3) is 0.421. The van der Waals surface area contributed by atoms with Crippen LogP contribution in [-0.4, -0.2) is 22.3 Å². The lowest BCUT2D eigenvalue weighted by Gasteiger charge is -2.36. The molecule has 1 aromatic carbocycles. The van der Waals surface area contributed by atoms with Crippen LogP contribution in [0.1, 0.15) is 33.3 Å². The predicted molar refractivity (Wildman–Crippen MR) is 109 cm³/mol. The average Bonchev–Trinajstić information content (AvgIpc) is 3.07. The van der Waals surface area contributed by atoms with Gasteiger partial charge in [-0.15, -0.1) is 11.3 Å². The molecular formula is C19H29N3S2. The SMILES string of the molecule is C/C=S(\c1cccs1)N(Cc1ccccc1)C[C@@H](NN)C(C)(C)C. The van der Waals surface area contributed by atoms with E-state index in [1.54, 1.807) is 0 Å². The topological polar surface area (TPSA) is 41.3 Å². The van der Waals surface area contributed by atoms with Gasteiger partial charge in [0.05, 0.1) is 4.21 Å². The van der Waals surface area contributed by atoms with Gasteiger partial charge in [0.25, 0.3) is 0 Å². The lowest BCUT2D eigenvalue weighted by molar-refractivity contribution is 0.230. The monoisotopic (exact) mass is 363 g/mol. The smallest absolute Gasteiger partial charge is 0.0679 e. The van der Waals surface area contributed by atoms with Crippen LogP contribution in [0.2, 0.25) is 0 Å². The van der Waals surface area contributed by atoms with Crippen molar-refractivity contribution in [1.29, 1.82) is 0 Å². The van der Waals surface area contributed by atoms with E-state index in [1.807, 2.05) is 11.3 Å². The molecule has 1 aromatic heterocycles. The van der Waals surface area contributed by atoms with E-state index in [9.17, 15) is 0 Å². The Balaban J connectivity index is 2.30. The zero-order valence-electron chi connectivity index (χ0n) is 15.0. The van der Waals surface area contributed by atoms with Gasteiger partial charge in [-0.05, 0) is 34.7 Å². The van der Waals surface area contributed by atoms with Gasteiger partial charge in [-0.3, -0.25) is 11.3 Å². The summed E-state index contributed by atoms with van der Waals surface area (Å²) in [6, 6.07) is 15.2. The van der Waals surface area contributed by atoms with Crippen molar-refractivity contribution in [2.45, 2.75) is 44.5 Å². The Hall–Kier alpha value is -0.980. The molecule has 3 nitrogen and oxygen atoms in total. The second-order valence-corrected chi connectivity index (χ2v) is 10.1. The van der Waals surface area contributed by atoms with Crippen LogP contribution in [0.25, 0.3) is 0 Å². The fourth-order valence-corrected chi connectivity index (χ4v) is 5.77. The number of hydrogen-bond acceptors (Lipinski definition) is 4. The molecule has 0 fully saturated rings. The van der Waals surface area contributed by atoms with Gasteiger partial charge in [-0.2, -0.15) is 0 Å². The Morgan fingerprint density at radius 3 is 2.42 bits per heavy atom. The summed E-state index contributed by atoms with van der Waals surface area (Å²) in [5.41, 5.74) is 4.47.